The first-order chi connectivity index (χ1) is 11.1. The Morgan fingerprint density at radius 1 is 1.35 bits per heavy atom. The number of hydrogen-bond acceptors (Lipinski definition) is 3. The average molecular weight is 317 g/mol. The quantitative estimate of drug-likeness (QED) is 0.901. The van der Waals surface area contributed by atoms with E-state index in [0.29, 0.717) is 5.92 Å². The molecule has 1 fully saturated rings. The summed E-state index contributed by atoms with van der Waals surface area (Å²) < 4.78 is 0. The van der Waals surface area contributed by atoms with E-state index in [-0.39, 0.29) is 18.7 Å². The lowest BCUT2D eigenvalue weighted by Gasteiger charge is -2.34. The summed E-state index contributed by atoms with van der Waals surface area (Å²) in [5.41, 5.74) is 3.42. The van der Waals surface area contributed by atoms with E-state index in [1.54, 1.807) is 0 Å². The van der Waals surface area contributed by atoms with Gasteiger partial charge in [0, 0.05) is 44.7 Å². The lowest BCUT2D eigenvalue weighted by molar-refractivity contribution is 0.139. The summed E-state index contributed by atoms with van der Waals surface area (Å²) in [5, 5.41) is 12.2. The van der Waals surface area contributed by atoms with Crippen LogP contribution in [-0.4, -0.2) is 49.3 Å². The molecule has 1 aromatic carbocycles. The van der Waals surface area contributed by atoms with Crippen molar-refractivity contribution in [2.45, 2.75) is 38.1 Å². The van der Waals surface area contributed by atoms with E-state index in [9.17, 15) is 9.90 Å². The first-order valence-corrected chi connectivity index (χ1v) is 8.57. The Hall–Kier alpha value is -1.75. The molecule has 0 bridgehead atoms. The highest BCUT2D eigenvalue weighted by molar-refractivity contribution is 5.90. The van der Waals surface area contributed by atoms with Gasteiger partial charge in [0.25, 0.3) is 0 Å². The Bertz CT molecular complexity index is 567. The third kappa shape index (κ3) is 3.44. The molecule has 0 saturated heterocycles. The molecule has 0 unspecified atom stereocenters. The minimum atomic E-state index is -0.0435. The van der Waals surface area contributed by atoms with Crippen molar-refractivity contribution in [3.05, 3.63) is 23.8 Å². The number of nitrogens with one attached hydrogen (secondary N) is 1. The molecule has 126 valence electrons. The molecule has 0 radical (unpaired) electrons. The number of carbonyl (C=O) groups is 1. The summed E-state index contributed by atoms with van der Waals surface area (Å²) in [7, 11) is 3.96. The predicted octanol–water partition coefficient (Wildman–Crippen LogP) is 2.69. The van der Waals surface area contributed by atoms with E-state index < -0.39 is 0 Å². The molecular weight excluding hydrogens is 290 g/mol. The van der Waals surface area contributed by atoms with Crippen LogP contribution in [0.15, 0.2) is 18.2 Å². The summed E-state index contributed by atoms with van der Waals surface area (Å²) in [5.74, 6) is 0.412. The van der Waals surface area contributed by atoms with Crippen LogP contribution in [0.3, 0.4) is 0 Å². The number of urea groups is 1. The van der Waals surface area contributed by atoms with Crippen molar-refractivity contribution in [3.8, 4) is 0 Å². The molecule has 1 aromatic rings. The van der Waals surface area contributed by atoms with E-state index in [1.165, 1.54) is 11.3 Å². The monoisotopic (exact) mass is 317 g/mol. The van der Waals surface area contributed by atoms with Crippen molar-refractivity contribution >= 4 is 17.4 Å². The van der Waals surface area contributed by atoms with E-state index in [2.05, 4.69) is 29.4 Å². The van der Waals surface area contributed by atoms with Gasteiger partial charge in [-0.15, -0.1) is 0 Å². The topological polar surface area (TPSA) is 55.8 Å². The maximum atomic E-state index is 12.5. The number of likely N-dealkylation sites (N-methyl/N-ethyl adjacent to an activating group) is 1. The largest absolute Gasteiger partial charge is 0.396 e. The fourth-order valence-corrected chi connectivity index (χ4v) is 3.71. The fourth-order valence-electron chi connectivity index (χ4n) is 3.71. The van der Waals surface area contributed by atoms with E-state index in [1.807, 2.05) is 18.0 Å². The molecule has 2 N–H and O–H groups in total. The number of nitrogens with zero attached hydrogens (tertiary/aromatic N) is 2. The van der Waals surface area contributed by atoms with Crippen molar-refractivity contribution < 1.29 is 9.90 Å². The smallest absolute Gasteiger partial charge is 0.321 e. The van der Waals surface area contributed by atoms with Crippen LogP contribution >= 0.6 is 0 Å². The number of fused-ring (bicyclic) bond motifs is 1. The first kappa shape index (κ1) is 16.1. The van der Waals surface area contributed by atoms with Crippen LogP contribution in [0, 0.1) is 5.92 Å². The molecule has 2 amide bonds. The number of amides is 2. The Morgan fingerprint density at radius 2 is 2.09 bits per heavy atom. The van der Waals surface area contributed by atoms with Gasteiger partial charge in [-0.3, -0.25) is 0 Å². The number of aliphatic hydroxyl groups excluding tert-OH is 1. The molecule has 1 saturated carbocycles. The Balaban J connectivity index is 1.60. The molecule has 5 nitrogen and oxygen atoms in total. The molecule has 1 heterocycles. The second-order valence-corrected chi connectivity index (χ2v) is 6.91. The summed E-state index contributed by atoms with van der Waals surface area (Å²) in [4.78, 5) is 16.5. The number of aliphatic hydroxyl groups is 1. The van der Waals surface area contributed by atoms with Crippen LogP contribution in [0.5, 0.6) is 0 Å². The van der Waals surface area contributed by atoms with Gasteiger partial charge in [0.05, 0.1) is 0 Å². The highest BCUT2D eigenvalue weighted by Gasteiger charge is 2.26. The summed E-state index contributed by atoms with van der Waals surface area (Å²) in [6, 6.07) is 6.40. The zero-order valence-electron chi connectivity index (χ0n) is 14.1. The van der Waals surface area contributed by atoms with Crippen LogP contribution < -0.4 is 10.2 Å². The van der Waals surface area contributed by atoms with Gasteiger partial charge in [-0.2, -0.15) is 0 Å². The van der Waals surface area contributed by atoms with Gasteiger partial charge in [0.1, 0.15) is 0 Å². The molecule has 1 aliphatic heterocycles. The van der Waals surface area contributed by atoms with Crippen LogP contribution in [0.25, 0.3) is 0 Å². The maximum Gasteiger partial charge on any atom is 0.321 e. The highest BCUT2D eigenvalue weighted by atomic mass is 16.3. The van der Waals surface area contributed by atoms with Crippen LogP contribution in [-0.2, 0) is 6.42 Å². The minimum Gasteiger partial charge on any atom is -0.396 e. The maximum absolute atomic E-state index is 12.5. The zero-order valence-corrected chi connectivity index (χ0v) is 14.1. The predicted molar refractivity (Wildman–Crippen MR) is 93.0 cm³/mol. The summed E-state index contributed by atoms with van der Waals surface area (Å²) in [6.07, 6.45) is 5.03. The third-order valence-electron chi connectivity index (χ3n) is 5.41. The van der Waals surface area contributed by atoms with Crippen molar-refractivity contribution in [1.82, 2.24) is 4.90 Å². The zero-order chi connectivity index (χ0) is 16.4. The number of benzene rings is 1. The van der Waals surface area contributed by atoms with Gasteiger partial charge in [0.2, 0.25) is 0 Å². The Morgan fingerprint density at radius 3 is 2.78 bits per heavy atom. The van der Waals surface area contributed by atoms with Gasteiger partial charge in [0.15, 0.2) is 0 Å². The lowest BCUT2D eigenvalue weighted by atomic mass is 9.86. The number of rotatable bonds is 3. The second-order valence-electron chi connectivity index (χ2n) is 6.91. The molecule has 0 spiro atoms. The van der Waals surface area contributed by atoms with Crippen molar-refractivity contribution in [2.24, 2.45) is 5.92 Å². The van der Waals surface area contributed by atoms with Crippen molar-refractivity contribution in [1.29, 1.82) is 0 Å². The molecule has 0 atom stereocenters. The van der Waals surface area contributed by atoms with E-state index >= 15 is 0 Å². The van der Waals surface area contributed by atoms with Crippen LogP contribution in [0.4, 0.5) is 16.2 Å². The fraction of sp³-hybridized carbons (Fsp3) is 0.611. The summed E-state index contributed by atoms with van der Waals surface area (Å²) >= 11 is 0. The standard InChI is InChI=1S/C18H27N3O2/c1-20-10-9-14-5-6-15(11-17(14)20)19-18(23)21(2)16-7-3-13(12-22)4-8-16/h5-6,11,13,16,22H,3-4,7-10,12H2,1-2H3,(H,19,23). The lowest BCUT2D eigenvalue weighted by Crippen LogP contribution is -2.42. The molecule has 5 heteroatoms. The first-order valence-electron chi connectivity index (χ1n) is 8.57. The SMILES string of the molecule is CN1CCc2ccc(NC(=O)N(C)C3CCC(CO)CC3)cc21. The molecule has 1 aliphatic carbocycles. The van der Waals surface area contributed by atoms with Gasteiger partial charge in [-0.05, 0) is 55.7 Å². The molecule has 0 aromatic heterocycles. The molecule has 23 heavy (non-hydrogen) atoms. The van der Waals surface area contributed by atoms with Crippen molar-refractivity contribution in [3.63, 3.8) is 0 Å². The van der Waals surface area contributed by atoms with Crippen LogP contribution in [0.2, 0.25) is 0 Å². The average Bonchev–Trinajstić information content (AvgIpc) is 2.95. The summed E-state index contributed by atoms with van der Waals surface area (Å²) in [6.45, 7) is 1.31. The second kappa shape index (κ2) is 6.79. The highest BCUT2D eigenvalue weighted by Crippen LogP contribution is 2.30. The van der Waals surface area contributed by atoms with E-state index in [0.717, 1.165) is 44.3 Å². The van der Waals surface area contributed by atoms with Crippen molar-refractivity contribution in [2.75, 3.05) is 37.5 Å². The van der Waals surface area contributed by atoms with Gasteiger partial charge in [-0.25, -0.2) is 4.79 Å². The molecule has 3 rings (SSSR count). The number of hydrogen-bond donors (Lipinski definition) is 2. The number of carbonyl (C=O) groups excluding carboxylic acids is 1. The molecular formula is C18H27N3O2. The normalized spacial score (nSPS) is 23.5. The Labute approximate surface area is 138 Å². The van der Waals surface area contributed by atoms with E-state index in [4.69, 9.17) is 0 Å². The number of anilines is 2. The van der Waals surface area contributed by atoms with Gasteiger partial charge >= 0.3 is 6.03 Å². The molecule has 2 aliphatic rings. The minimum absolute atomic E-state index is 0.0435. The Kier molecular flexibility index (Phi) is 4.76. The van der Waals surface area contributed by atoms with Crippen LogP contribution in [0.1, 0.15) is 31.2 Å². The third-order valence-corrected chi connectivity index (χ3v) is 5.41. The van der Waals surface area contributed by atoms with Gasteiger partial charge < -0.3 is 20.2 Å². The van der Waals surface area contributed by atoms with Gasteiger partial charge in [-0.1, -0.05) is 6.07 Å².